The van der Waals surface area contributed by atoms with E-state index in [9.17, 15) is 14.7 Å². The Balaban J connectivity index is 2.96. The Morgan fingerprint density at radius 1 is 1.29 bits per heavy atom. The van der Waals surface area contributed by atoms with Gasteiger partial charge in [-0.3, -0.25) is 9.59 Å². The van der Waals surface area contributed by atoms with E-state index in [2.05, 4.69) is 10.6 Å². The molecular formula is C16H24N2O3. The first-order chi connectivity index (χ1) is 9.71. The maximum atomic E-state index is 12.5. The minimum absolute atomic E-state index is 0.295. The highest BCUT2D eigenvalue weighted by molar-refractivity contribution is 6.01. The van der Waals surface area contributed by atoms with Gasteiger partial charge < -0.3 is 15.7 Å². The second-order valence-corrected chi connectivity index (χ2v) is 5.57. The van der Waals surface area contributed by atoms with Gasteiger partial charge in [0.05, 0.1) is 0 Å². The lowest BCUT2D eigenvalue weighted by Gasteiger charge is -2.29. The Morgan fingerprint density at radius 2 is 1.81 bits per heavy atom. The van der Waals surface area contributed by atoms with Crippen molar-refractivity contribution < 1.29 is 14.7 Å². The molecule has 1 aromatic rings. The highest BCUT2D eigenvalue weighted by Gasteiger charge is 2.34. The standard InChI is InChI=1S/C16H24N2O3/c1-6-16(5,18-14(20)12(4)19)15(21)17-13-10(2)8-7-9-11(13)3/h7-9,12,19H,6H2,1-5H3,(H,17,21)(H,18,20)/t12-,16-/m1/s1. The minimum Gasteiger partial charge on any atom is -0.384 e. The third kappa shape index (κ3) is 4.04. The normalized spacial score (nSPS) is 15.0. The van der Waals surface area contributed by atoms with Crippen LogP contribution in [0.4, 0.5) is 5.69 Å². The maximum absolute atomic E-state index is 12.5. The number of amides is 2. The van der Waals surface area contributed by atoms with Gasteiger partial charge in [-0.15, -0.1) is 0 Å². The van der Waals surface area contributed by atoms with Crippen molar-refractivity contribution in [1.29, 1.82) is 0 Å². The van der Waals surface area contributed by atoms with Crippen molar-refractivity contribution in [3.8, 4) is 0 Å². The summed E-state index contributed by atoms with van der Waals surface area (Å²) < 4.78 is 0. The number of aliphatic hydroxyl groups excluding tert-OH is 1. The minimum atomic E-state index is -1.15. The lowest BCUT2D eigenvalue weighted by Crippen LogP contribution is -2.56. The number of anilines is 1. The predicted octanol–water partition coefficient (Wildman–Crippen LogP) is 1.91. The molecule has 0 saturated carbocycles. The van der Waals surface area contributed by atoms with Crippen LogP contribution in [-0.4, -0.2) is 28.6 Å². The smallest absolute Gasteiger partial charge is 0.249 e. The van der Waals surface area contributed by atoms with E-state index in [1.807, 2.05) is 39.0 Å². The maximum Gasteiger partial charge on any atom is 0.249 e. The molecule has 1 rings (SSSR count). The SMILES string of the molecule is CC[C@@](C)(NC(=O)[C@@H](C)O)C(=O)Nc1c(C)cccc1C. The van der Waals surface area contributed by atoms with E-state index in [0.29, 0.717) is 6.42 Å². The van der Waals surface area contributed by atoms with Crippen molar-refractivity contribution in [1.82, 2.24) is 5.32 Å². The van der Waals surface area contributed by atoms with E-state index in [1.165, 1.54) is 6.92 Å². The first kappa shape index (κ1) is 17.2. The number of aliphatic hydroxyl groups is 1. The summed E-state index contributed by atoms with van der Waals surface area (Å²) in [6.45, 7) is 8.66. The molecule has 2 amide bonds. The van der Waals surface area contributed by atoms with Crippen LogP contribution in [-0.2, 0) is 9.59 Å². The molecule has 2 atom stereocenters. The van der Waals surface area contributed by atoms with Crippen LogP contribution < -0.4 is 10.6 Å². The van der Waals surface area contributed by atoms with E-state index in [0.717, 1.165) is 16.8 Å². The van der Waals surface area contributed by atoms with Crippen LogP contribution in [0.25, 0.3) is 0 Å². The molecule has 0 spiro atoms. The zero-order valence-electron chi connectivity index (χ0n) is 13.3. The molecule has 3 N–H and O–H groups in total. The van der Waals surface area contributed by atoms with Gasteiger partial charge in [-0.05, 0) is 45.2 Å². The molecule has 0 fully saturated rings. The Hall–Kier alpha value is -1.88. The fourth-order valence-electron chi connectivity index (χ4n) is 1.95. The lowest BCUT2D eigenvalue weighted by atomic mass is 9.96. The highest BCUT2D eigenvalue weighted by atomic mass is 16.3. The second-order valence-electron chi connectivity index (χ2n) is 5.57. The van der Waals surface area contributed by atoms with Gasteiger partial charge in [-0.1, -0.05) is 25.1 Å². The molecule has 1 aromatic carbocycles. The van der Waals surface area contributed by atoms with Crippen LogP contribution in [0.1, 0.15) is 38.3 Å². The van der Waals surface area contributed by atoms with Gasteiger partial charge in [0.15, 0.2) is 0 Å². The zero-order chi connectivity index (χ0) is 16.2. The molecule has 0 aromatic heterocycles. The van der Waals surface area contributed by atoms with Crippen LogP contribution in [0.3, 0.4) is 0 Å². The summed E-state index contributed by atoms with van der Waals surface area (Å²) in [7, 11) is 0. The number of hydrogen-bond donors (Lipinski definition) is 3. The Labute approximate surface area is 125 Å². The average molecular weight is 292 g/mol. The van der Waals surface area contributed by atoms with Crippen molar-refractivity contribution in [2.45, 2.75) is 52.7 Å². The van der Waals surface area contributed by atoms with E-state index < -0.39 is 17.6 Å². The Morgan fingerprint density at radius 3 is 2.24 bits per heavy atom. The van der Waals surface area contributed by atoms with Gasteiger partial charge >= 0.3 is 0 Å². The van der Waals surface area contributed by atoms with Crippen molar-refractivity contribution in [3.05, 3.63) is 29.3 Å². The van der Waals surface area contributed by atoms with Gasteiger partial charge in [0.1, 0.15) is 11.6 Å². The number of hydrogen-bond acceptors (Lipinski definition) is 3. The number of benzene rings is 1. The lowest BCUT2D eigenvalue weighted by molar-refractivity contribution is -0.134. The monoisotopic (exact) mass is 292 g/mol. The molecule has 5 nitrogen and oxygen atoms in total. The molecule has 0 aliphatic rings. The zero-order valence-corrected chi connectivity index (χ0v) is 13.3. The topological polar surface area (TPSA) is 78.4 Å². The third-order valence-electron chi connectivity index (χ3n) is 3.71. The summed E-state index contributed by atoms with van der Waals surface area (Å²) in [4.78, 5) is 24.2. The van der Waals surface area contributed by atoms with E-state index in [4.69, 9.17) is 0 Å². The van der Waals surface area contributed by atoms with Crippen molar-refractivity contribution in [3.63, 3.8) is 0 Å². The molecule has 0 radical (unpaired) electrons. The fraction of sp³-hybridized carbons (Fsp3) is 0.500. The summed E-state index contributed by atoms with van der Waals surface area (Å²) in [6, 6.07) is 5.76. The van der Waals surface area contributed by atoms with E-state index in [-0.39, 0.29) is 5.91 Å². The predicted molar refractivity (Wildman–Crippen MR) is 83.1 cm³/mol. The third-order valence-corrected chi connectivity index (χ3v) is 3.71. The van der Waals surface area contributed by atoms with E-state index >= 15 is 0 Å². The second kappa shape index (κ2) is 6.72. The summed E-state index contributed by atoms with van der Waals surface area (Å²) in [5, 5.41) is 14.8. The van der Waals surface area contributed by atoms with Gasteiger partial charge in [-0.2, -0.15) is 0 Å². The first-order valence-corrected chi connectivity index (χ1v) is 7.09. The molecule has 0 aliphatic carbocycles. The first-order valence-electron chi connectivity index (χ1n) is 7.09. The summed E-state index contributed by atoms with van der Waals surface area (Å²) >= 11 is 0. The van der Waals surface area contributed by atoms with Crippen LogP contribution in [0.15, 0.2) is 18.2 Å². The quantitative estimate of drug-likeness (QED) is 0.775. The number of carbonyl (C=O) groups is 2. The molecule has 21 heavy (non-hydrogen) atoms. The number of para-hydroxylation sites is 1. The Kier molecular flexibility index (Phi) is 5.49. The number of nitrogens with one attached hydrogen (secondary N) is 2. The van der Waals surface area contributed by atoms with Crippen LogP contribution in [0.5, 0.6) is 0 Å². The number of aryl methyl sites for hydroxylation is 2. The van der Waals surface area contributed by atoms with Gasteiger partial charge in [0, 0.05) is 5.69 Å². The Bertz CT molecular complexity index is 520. The highest BCUT2D eigenvalue weighted by Crippen LogP contribution is 2.22. The van der Waals surface area contributed by atoms with Gasteiger partial charge in [0.2, 0.25) is 11.8 Å². The van der Waals surface area contributed by atoms with Gasteiger partial charge in [0.25, 0.3) is 0 Å². The summed E-state index contributed by atoms with van der Waals surface area (Å²) in [5.41, 5.74) is 1.61. The molecule has 0 aliphatic heterocycles. The van der Waals surface area contributed by atoms with Crippen molar-refractivity contribution in [2.24, 2.45) is 0 Å². The number of rotatable bonds is 5. The van der Waals surface area contributed by atoms with Crippen LogP contribution in [0.2, 0.25) is 0 Å². The van der Waals surface area contributed by atoms with E-state index in [1.54, 1.807) is 6.92 Å². The molecule has 0 saturated heterocycles. The van der Waals surface area contributed by atoms with Gasteiger partial charge in [-0.25, -0.2) is 0 Å². The molecular weight excluding hydrogens is 268 g/mol. The van der Waals surface area contributed by atoms with Crippen molar-refractivity contribution in [2.75, 3.05) is 5.32 Å². The molecule has 0 heterocycles. The molecule has 0 bridgehead atoms. The molecule has 116 valence electrons. The largest absolute Gasteiger partial charge is 0.384 e. The van der Waals surface area contributed by atoms with Crippen molar-refractivity contribution >= 4 is 17.5 Å². The van der Waals surface area contributed by atoms with Crippen LogP contribution >= 0.6 is 0 Å². The molecule has 5 heteroatoms. The molecule has 0 unspecified atom stereocenters. The fourth-order valence-corrected chi connectivity index (χ4v) is 1.95. The van der Waals surface area contributed by atoms with Crippen LogP contribution in [0, 0.1) is 13.8 Å². The summed E-state index contributed by atoms with van der Waals surface area (Å²) in [5.74, 6) is -0.854. The number of carbonyl (C=O) groups excluding carboxylic acids is 2. The average Bonchev–Trinajstić information content (AvgIpc) is 2.42. The summed E-state index contributed by atoms with van der Waals surface area (Å²) in [6.07, 6.45) is -0.730.